The molecule has 26 heavy (non-hydrogen) atoms. The second-order valence-electron chi connectivity index (χ2n) is 6.29. The lowest BCUT2D eigenvalue weighted by Crippen LogP contribution is -2.50. The van der Waals surface area contributed by atoms with Gasteiger partial charge in [0.25, 0.3) is 5.91 Å². The quantitative estimate of drug-likeness (QED) is 0.661. The zero-order valence-electron chi connectivity index (χ0n) is 15.1. The summed E-state index contributed by atoms with van der Waals surface area (Å²) in [5.74, 6) is -0.410. The number of carbonyl (C=O) groups excluding carboxylic acids is 2. The first-order valence-electron chi connectivity index (χ1n) is 8.81. The number of aryl methyl sites for hydroxylation is 1. The van der Waals surface area contributed by atoms with Gasteiger partial charge < -0.3 is 15.2 Å². The van der Waals surface area contributed by atoms with E-state index in [4.69, 9.17) is 11.6 Å². The average Bonchev–Trinajstić information content (AvgIpc) is 3.16. The Morgan fingerprint density at radius 1 is 1.27 bits per heavy atom. The molecule has 0 bridgehead atoms. The number of hydrogen-bond acceptors (Lipinski definition) is 3. The molecule has 1 heterocycles. The van der Waals surface area contributed by atoms with Crippen LogP contribution in [0.2, 0.25) is 5.02 Å². The third kappa shape index (κ3) is 5.88. The van der Waals surface area contributed by atoms with Crippen LogP contribution in [0, 0.1) is 5.92 Å². The fourth-order valence-electron chi connectivity index (χ4n) is 2.53. The lowest BCUT2D eigenvalue weighted by atomic mass is 9.97. The maximum absolute atomic E-state index is 12.6. The van der Waals surface area contributed by atoms with E-state index in [0.29, 0.717) is 17.1 Å². The van der Waals surface area contributed by atoms with E-state index in [1.807, 2.05) is 24.6 Å². The van der Waals surface area contributed by atoms with Crippen molar-refractivity contribution in [1.82, 2.24) is 20.2 Å². The average molecular weight is 377 g/mol. The van der Waals surface area contributed by atoms with E-state index < -0.39 is 6.04 Å². The molecule has 140 valence electrons. The molecule has 0 fully saturated rings. The first kappa shape index (κ1) is 20.0. The summed E-state index contributed by atoms with van der Waals surface area (Å²) >= 11 is 5.85. The number of nitrogens with zero attached hydrogens (tertiary/aromatic N) is 2. The normalized spacial score (nSPS) is 13.0. The molecule has 2 aromatic rings. The molecular weight excluding hydrogens is 352 g/mol. The number of aromatic nitrogens is 2. The van der Waals surface area contributed by atoms with Gasteiger partial charge in [-0.1, -0.05) is 31.9 Å². The number of benzene rings is 1. The standard InChI is InChI=1S/C19H25ClN4O2/c1-3-14(2)17(23-18(25)15-5-7-16(20)8-6-15)19(26)22-9-4-11-24-12-10-21-13-24/h5-8,10,12-14,17H,3-4,9,11H2,1-2H3,(H,22,26)(H,23,25). The van der Waals surface area contributed by atoms with E-state index in [2.05, 4.69) is 15.6 Å². The van der Waals surface area contributed by atoms with Gasteiger partial charge >= 0.3 is 0 Å². The molecule has 2 rings (SSSR count). The summed E-state index contributed by atoms with van der Waals surface area (Å²) in [6.45, 7) is 5.28. The van der Waals surface area contributed by atoms with Crippen LogP contribution in [0.15, 0.2) is 43.0 Å². The summed E-state index contributed by atoms with van der Waals surface area (Å²) < 4.78 is 1.96. The van der Waals surface area contributed by atoms with Crippen LogP contribution in [-0.2, 0) is 11.3 Å². The van der Waals surface area contributed by atoms with Crippen LogP contribution in [-0.4, -0.2) is 34.0 Å². The summed E-state index contributed by atoms with van der Waals surface area (Å²) in [4.78, 5) is 29.0. The molecule has 0 spiro atoms. The topological polar surface area (TPSA) is 76.0 Å². The summed E-state index contributed by atoms with van der Waals surface area (Å²) in [6.07, 6.45) is 6.94. The predicted octanol–water partition coefficient (Wildman–Crippen LogP) is 2.89. The first-order chi connectivity index (χ1) is 12.5. The van der Waals surface area contributed by atoms with Crippen molar-refractivity contribution in [3.63, 3.8) is 0 Å². The van der Waals surface area contributed by atoms with Gasteiger partial charge in [-0.2, -0.15) is 0 Å². The Bertz CT molecular complexity index is 701. The smallest absolute Gasteiger partial charge is 0.251 e. The van der Waals surface area contributed by atoms with Crippen LogP contribution in [0.1, 0.15) is 37.0 Å². The van der Waals surface area contributed by atoms with E-state index in [0.717, 1.165) is 19.4 Å². The van der Waals surface area contributed by atoms with Crippen molar-refractivity contribution >= 4 is 23.4 Å². The molecule has 0 aliphatic carbocycles. The van der Waals surface area contributed by atoms with Crippen molar-refractivity contribution in [3.05, 3.63) is 53.6 Å². The zero-order valence-corrected chi connectivity index (χ0v) is 15.9. The highest BCUT2D eigenvalue weighted by atomic mass is 35.5. The van der Waals surface area contributed by atoms with Crippen molar-refractivity contribution in [3.8, 4) is 0 Å². The first-order valence-corrected chi connectivity index (χ1v) is 9.19. The minimum absolute atomic E-state index is 0.0277. The van der Waals surface area contributed by atoms with Gasteiger partial charge in [0.2, 0.25) is 5.91 Å². The number of rotatable bonds is 9. The molecule has 0 saturated heterocycles. The van der Waals surface area contributed by atoms with E-state index in [9.17, 15) is 9.59 Å². The largest absolute Gasteiger partial charge is 0.354 e. The summed E-state index contributed by atoms with van der Waals surface area (Å²) in [5, 5.41) is 6.33. The van der Waals surface area contributed by atoms with Crippen LogP contribution in [0.5, 0.6) is 0 Å². The Hall–Kier alpha value is -2.34. The monoisotopic (exact) mass is 376 g/mol. The van der Waals surface area contributed by atoms with Crippen molar-refractivity contribution < 1.29 is 9.59 Å². The number of carbonyl (C=O) groups is 2. The molecule has 0 aliphatic rings. The molecule has 1 aromatic carbocycles. The number of hydrogen-bond donors (Lipinski definition) is 2. The van der Waals surface area contributed by atoms with Gasteiger partial charge in [0.1, 0.15) is 6.04 Å². The molecule has 2 N–H and O–H groups in total. The van der Waals surface area contributed by atoms with Gasteiger partial charge in [-0.15, -0.1) is 0 Å². The van der Waals surface area contributed by atoms with Crippen molar-refractivity contribution in [2.45, 2.75) is 39.3 Å². The minimum Gasteiger partial charge on any atom is -0.354 e. The van der Waals surface area contributed by atoms with Gasteiger partial charge in [-0.3, -0.25) is 9.59 Å². The van der Waals surface area contributed by atoms with Crippen molar-refractivity contribution in [2.75, 3.05) is 6.54 Å². The fourth-order valence-corrected chi connectivity index (χ4v) is 2.66. The second-order valence-corrected chi connectivity index (χ2v) is 6.73. The molecule has 7 heteroatoms. The molecular formula is C19H25ClN4O2. The van der Waals surface area contributed by atoms with Gasteiger partial charge in [-0.25, -0.2) is 4.98 Å². The molecule has 0 saturated carbocycles. The number of nitrogens with one attached hydrogen (secondary N) is 2. The predicted molar refractivity (Wildman–Crippen MR) is 102 cm³/mol. The summed E-state index contributed by atoms with van der Waals surface area (Å²) in [7, 11) is 0. The van der Waals surface area contributed by atoms with Crippen LogP contribution in [0.25, 0.3) is 0 Å². The molecule has 1 aromatic heterocycles. The Labute approximate surface area is 159 Å². The van der Waals surface area contributed by atoms with Gasteiger partial charge in [0, 0.05) is 36.1 Å². The van der Waals surface area contributed by atoms with E-state index in [1.54, 1.807) is 36.8 Å². The minimum atomic E-state index is -0.573. The Balaban J connectivity index is 1.89. The zero-order chi connectivity index (χ0) is 18.9. The lowest BCUT2D eigenvalue weighted by molar-refractivity contribution is -0.124. The molecule has 2 atom stereocenters. The van der Waals surface area contributed by atoms with Crippen LogP contribution >= 0.6 is 11.6 Å². The lowest BCUT2D eigenvalue weighted by Gasteiger charge is -2.23. The Morgan fingerprint density at radius 3 is 2.62 bits per heavy atom. The van der Waals surface area contributed by atoms with E-state index in [-0.39, 0.29) is 17.7 Å². The number of amides is 2. The Kier molecular flexibility index (Phi) is 7.66. The number of halogens is 1. The molecule has 6 nitrogen and oxygen atoms in total. The maximum Gasteiger partial charge on any atom is 0.251 e. The fraction of sp³-hybridized carbons (Fsp3) is 0.421. The highest BCUT2D eigenvalue weighted by Gasteiger charge is 2.26. The van der Waals surface area contributed by atoms with Gasteiger partial charge in [0.05, 0.1) is 6.33 Å². The molecule has 2 amide bonds. The molecule has 2 unspecified atom stereocenters. The van der Waals surface area contributed by atoms with E-state index >= 15 is 0 Å². The Morgan fingerprint density at radius 2 is 2.00 bits per heavy atom. The summed E-state index contributed by atoms with van der Waals surface area (Å²) in [6, 6.07) is 6.04. The van der Waals surface area contributed by atoms with Crippen LogP contribution < -0.4 is 10.6 Å². The summed E-state index contributed by atoms with van der Waals surface area (Å²) in [5.41, 5.74) is 0.482. The van der Waals surface area contributed by atoms with Crippen molar-refractivity contribution in [1.29, 1.82) is 0 Å². The highest BCUT2D eigenvalue weighted by molar-refractivity contribution is 6.30. The third-order valence-electron chi connectivity index (χ3n) is 4.34. The van der Waals surface area contributed by atoms with Crippen LogP contribution in [0.3, 0.4) is 0 Å². The second kappa shape index (κ2) is 9.97. The van der Waals surface area contributed by atoms with Gasteiger partial charge in [-0.05, 0) is 36.6 Å². The van der Waals surface area contributed by atoms with Crippen molar-refractivity contribution in [2.24, 2.45) is 5.92 Å². The number of imidazole rings is 1. The van der Waals surface area contributed by atoms with E-state index in [1.165, 1.54) is 0 Å². The SMILES string of the molecule is CCC(C)C(NC(=O)c1ccc(Cl)cc1)C(=O)NCCCn1ccnc1. The maximum atomic E-state index is 12.6. The van der Waals surface area contributed by atoms with Gasteiger partial charge in [0.15, 0.2) is 0 Å². The van der Waals surface area contributed by atoms with Crippen LogP contribution in [0.4, 0.5) is 0 Å². The third-order valence-corrected chi connectivity index (χ3v) is 4.59. The molecule has 0 radical (unpaired) electrons. The highest BCUT2D eigenvalue weighted by Crippen LogP contribution is 2.12. The molecule has 0 aliphatic heterocycles.